The molecular weight excluding hydrogens is 302 g/mol. The number of anilines is 2. The van der Waals surface area contributed by atoms with E-state index < -0.39 is 6.09 Å². The van der Waals surface area contributed by atoms with Crippen molar-refractivity contribution < 1.29 is 23.8 Å². The molecule has 1 saturated heterocycles. The number of nitrogens with zero attached hydrogens (tertiary/aromatic N) is 1. The fraction of sp³-hybridized carbons (Fsp3) is 0.333. The van der Waals surface area contributed by atoms with Crippen molar-refractivity contribution in [3.63, 3.8) is 0 Å². The predicted octanol–water partition coefficient (Wildman–Crippen LogP) is 1.11. The Bertz CT molecular complexity index is 611. The molecule has 0 unspecified atom stereocenters. The number of hydrogen-bond acceptors (Lipinski definition) is 6. The molecule has 0 saturated carbocycles. The molecule has 0 atom stereocenters. The number of morpholine rings is 1. The van der Waals surface area contributed by atoms with Crippen molar-refractivity contribution in [2.24, 2.45) is 5.73 Å². The van der Waals surface area contributed by atoms with E-state index in [9.17, 15) is 9.59 Å². The molecule has 3 N–H and O–H groups in total. The molecule has 1 aromatic rings. The Labute approximate surface area is 133 Å². The molecule has 8 nitrogen and oxygen atoms in total. The summed E-state index contributed by atoms with van der Waals surface area (Å²) in [7, 11) is 1.45. The minimum absolute atomic E-state index is 0.122. The molecule has 23 heavy (non-hydrogen) atoms. The Morgan fingerprint density at radius 1 is 1.35 bits per heavy atom. The Balaban J connectivity index is 2.45. The van der Waals surface area contributed by atoms with Crippen LogP contribution in [0, 0.1) is 0 Å². The van der Waals surface area contributed by atoms with Gasteiger partial charge >= 0.3 is 6.09 Å². The first kappa shape index (κ1) is 16.6. The second kappa shape index (κ2) is 7.50. The SMILES string of the molecule is C=CC(=O)Nc1cc(OC(N)=O)c(OC)cc1N1CCOCC1. The predicted molar refractivity (Wildman–Crippen MR) is 85.1 cm³/mol. The maximum Gasteiger partial charge on any atom is 0.410 e. The zero-order valence-electron chi connectivity index (χ0n) is 12.8. The van der Waals surface area contributed by atoms with Crippen LogP contribution in [0.4, 0.5) is 16.2 Å². The molecule has 0 aliphatic carbocycles. The number of ether oxygens (including phenoxy) is 3. The summed E-state index contributed by atoms with van der Waals surface area (Å²) in [6, 6.07) is 3.18. The lowest BCUT2D eigenvalue weighted by molar-refractivity contribution is -0.111. The number of nitrogens with one attached hydrogen (secondary N) is 1. The van der Waals surface area contributed by atoms with Gasteiger partial charge in [-0.3, -0.25) is 4.79 Å². The third-order valence-electron chi connectivity index (χ3n) is 3.29. The molecule has 0 bridgehead atoms. The summed E-state index contributed by atoms with van der Waals surface area (Å²) in [6.07, 6.45) is 0.186. The molecule has 1 aromatic carbocycles. The average molecular weight is 321 g/mol. The lowest BCUT2D eigenvalue weighted by atomic mass is 10.2. The highest BCUT2D eigenvalue weighted by molar-refractivity contribution is 6.01. The van der Waals surface area contributed by atoms with Gasteiger partial charge in [-0.05, 0) is 6.08 Å². The van der Waals surface area contributed by atoms with Crippen LogP contribution in [0.2, 0.25) is 0 Å². The van der Waals surface area contributed by atoms with Gasteiger partial charge in [-0.25, -0.2) is 4.79 Å². The van der Waals surface area contributed by atoms with Gasteiger partial charge in [0.1, 0.15) is 0 Å². The first-order valence-corrected chi connectivity index (χ1v) is 7.00. The smallest absolute Gasteiger partial charge is 0.410 e. The summed E-state index contributed by atoms with van der Waals surface area (Å²) in [5.74, 6) is 0.0768. The van der Waals surface area contributed by atoms with E-state index in [0.717, 1.165) is 11.8 Å². The van der Waals surface area contributed by atoms with E-state index in [2.05, 4.69) is 11.9 Å². The standard InChI is InChI=1S/C15H19N3O5/c1-3-14(19)17-10-8-13(23-15(16)20)12(21-2)9-11(10)18-4-6-22-7-5-18/h3,8-9H,1,4-7H2,2H3,(H2,16,20)(H,17,19). The van der Waals surface area contributed by atoms with Crippen molar-refractivity contribution in [2.75, 3.05) is 43.6 Å². The third kappa shape index (κ3) is 4.13. The second-order valence-electron chi connectivity index (χ2n) is 4.73. The quantitative estimate of drug-likeness (QED) is 0.788. The molecule has 0 spiro atoms. The Hall–Kier alpha value is -2.74. The van der Waals surface area contributed by atoms with Crippen LogP contribution in [0.5, 0.6) is 11.5 Å². The summed E-state index contributed by atoms with van der Waals surface area (Å²) in [5.41, 5.74) is 6.26. The third-order valence-corrected chi connectivity index (χ3v) is 3.29. The van der Waals surface area contributed by atoms with Crippen LogP contribution in [0.3, 0.4) is 0 Å². The number of primary amides is 1. The van der Waals surface area contributed by atoms with E-state index in [4.69, 9.17) is 19.9 Å². The molecular formula is C15H19N3O5. The molecule has 0 aromatic heterocycles. The fourth-order valence-corrected chi connectivity index (χ4v) is 2.25. The van der Waals surface area contributed by atoms with Crippen LogP contribution in [0.15, 0.2) is 24.8 Å². The van der Waals surface area contributed by atoms with E-state index in [1.165, 1.54) is 13.2 Å². The van der Waals surface area contributed by atoms with Gasteiger partial charge in [0.25, 0.3) is 0 Å². The van der Waals surface area contributed by atoms with Gasteiger partial charge in [-0.1, -0.05) is 6.58 Å². The van der Waals surface area contributed by atoms with Crippen molar-refractivity contribution in [2.45, 2.75) is 0 Å². The topological polar surface area (TPSA) is 103 Å². The van der Waals surface area contributed by atoms with Crippen LogP contribution in [0.25, 0.3) is 0 Å². The summed E-state index contributed by atoms with van der Waals surface area (Å²) in [4.78, 5) is 24.7. The van der Waals surface area contributed by atoms with Gasteiger partial charge in [0, 0.05) is 25.2 Å². The Morgan fingerprint density at radius 3 is 2.61 bits per heavy atom. The van der Waals surface area contributed by atoms with E-state index >= 15 is 0 Å². The van der Waals surface area contributed by atoms with Gasteiger partial charge < -0.3 is 30.2 Å². The van der Waals surface area contributed by atoms with Gasteiger partial charge in [0.15, 0.2) is 11.5 Å². The van der Waals surface area contributed by atoms with Crippen LogP contribution >= 0.6 is 0 Å². The highest BCUT2D eigenvalue weighted by Gasteiger charge is 2.20. The normalized spacial score (nSPS) is 14.0. The molecule has 1 fully saturated rings. The zero-order valence-corrected chi connectivity index (χ0v) is 12.8. The molecule has 2 amide bonds. The first-order valence-electron chi connectivity index (χ1n) is 7.00. The highest BCUT2D eigenvalue weighted by Crippen LogP contribution is 2.39. The number of rotatable bonds is 5. The van der Waals surface area contributed by atoms with Crippen LogP contribution in [-0.2, 0) is 9.53 Å². The number of nitrogens with two attached hydrogens (primary N) is 1. The van der Waals surface area contributed by atoms with Gasteiger partial charge in [0.2, 0.25) is 5.91 Å². The lowest BCUT2D eigenvalue weighted by Crippen LogP contribution is -2.36. The summed E-state index contributed by atoms with van der Waals surface area (Å²) >= 11 is 0. The summed E-state index contributed by atoms with van der Waals surface area (Å²) in [5, 5.41) is 2.70. The Kier molecular flexibility index (Phi) is 5.42. The molecule has 124 valence electrons. The average Bonchev–Trinajstić information content (AvgIpc) is 2.55. The lowest BCUT2D eigenvalue weighted by Gasteiger charge is -2.31. The largest absolute Gasteiger partial charge is 0.493 e. The number of benzene rings is 1. The molecule has 2 rings (SSSR count). The van der Waals surface area contributed by atoms with Crippen molar-refractivity contribution >= 4 is 23.4 Å². The first-order chi connectivity index (χ1) is 11.0. The van der Waals surface area contributed by atoms with E-state index in [1.54, 1.807) is 6.07 Å². The number of amides is 2. The van der Waals surface area contributed by atoms with Gasteiger partial charge in [0.05, 0.1) is 31.7 Å². The Morgan fingerprint density at radius 2 is 2.04 bits per heavy atom. The van der Waals surface area contributed by atoms with Crippen molar-refractivity contribution in [1.82, 2.24) is 0 Å². The molecule has 0 radical (unpaired) electrons. The highest BCUT2D eigenvalue weighted by atomic mass is 16.6. The maximum absolute atomic E-state index is 11.7. The zero-order chi connectivity index (χ0) is 16.8. The maximum atomic E-state index is 11.7. The van der Waals surface area contributed by atoms with Crippen LogP contribution < -0.4 is 25.4 Å². The molecule has 1 aliphatic rings. The summed E-state index contributed by atoms with van der Waals surface area (Å²) in [6.45, 7) is 5.91. The van der Waals surface area contributed by atoms with E-state index in [-0.39, 0.29) is 11.7 Å². The molecule has 8 heteroatoms. The van der Waals surface area contributed by atoms with Crippen molar-refractivity contribution in [1.29, 1.82) is 0 Å². The minimum atomic E-state index is -0.969. The second-order valence-corrected chi connectivity index (χ2v) is 4.73. The van der Waals surface area contributed by atoms with Gasteiger partial charge in [-0.2, -0.15) is 0 Å². The molecule has 1 aliphatic heterocycles. The van der Waals surface area contributed by atoms with Gasteiger partial charge in [-0.15, -0.1) is 0 Å². The minimum Gasteiger partial charge on any atom is -0.493 e. The number of methoxy groups -OCH3 is 1. The number of hydrogen-bond donors (Lipinski definition) is 2. The van der Waals surface area contributed by atoms with E-state index in [1.807, 2.05) is 4.90 Å². The van der Waals surface area contributed by atoms with Crippen LogP contribution in [-0.4, -0.2) is 45.4 Å². The molecule has 1 heterocycles. The number of carbonyl (C=O) groups excluding carboxylic acids is 2. The van der Waals surface area contributed by atoms with Crippen molar-refractivity contribution in [3.05, 3.63) is 24.8 Å². The van der Waals surface area contributed by atoms with E-state index in [0.29, 0.717) is 37.7 Å². The fourth-order valence-electron chi connectivity index (χ4n) is 2.25. The number of carbonyl (C=O) groups is 2. The van der Waals surface area contributed by atoms with Crippen molar-refractivity contribution in [3.8, 4) is 11.5 Å². The van der Waals surface area contributed by atoms with Crippen LogP contribution in [0.1, 0.15) is 0 Å². The summed E-state index contributed by atoms with van der Waals surface area (Å²) < 4.78 is 15.5. The monoisotopic (exact) mass is 321 g/mol.